The van der Waals surface area contributed by atoms with Crippen LogP contribution in [0.25, 0.3) is 0 Å². The normalized spacial score (nSPS) is 24.8. The van der Waals surface area contributed by atoms with Crippen LogP contribution in [0.1, 0.15) is 36.5 Å². The van der Waals surface area contributed by atoms with E-state index in [1.54, 1.807) is 0 Å². The van der Waals surface area contributed by atoms with Crippen molar-refractivity contribution >= 4 is 0 Å². The van der Waals surface area contributed by atoms with E-state index in [4.69, 9.17) is 4.74 Å². The lowest BCUT2D eigenvalue weighted by molar-refractivity contribution is 0.0885. The molecular weight excluding hydrogens is 320 g/mol. The highest BCUT2D eigenvalue weighted by molar-refractivity contribution is 5.19. The van der Waals surface area contributed by atoms with Crippen molar-refractivity contribution in [2.75, 3.05) is 26.2 Å². The van der Waals surface area contributed by atoms with Crippen LogP contribution in [0.5, 0.6) is 0 Å². The highest BCUT2D eigenvalue weighted by atomic mass is 16.5. The number of piperidine rings is 1. The van der Waals surface area contributed by atoms with Crippen molar-refractivity contribution in [1.29, 1.82) is 0 Å². The molecule has 2 aliphatic heterocycles. The van der Waals surface area contributed by atoms with Gasteiger partial charge in [0.1, 0.15) is 0 Å². The van der Waals surface area contributed by atoms with Gasteiger partial charge in [-0.25, -0.2) is 0 Å². The summed E-state index contributed by atoms with van der Waals surface area (Å²) < 4.78 is 6.03. The topological polar surface area (TPSA) is 24.5 Å². The van der Waals surface area contributed by atoms with Crippen molar-refractivity contribution in [3.05, 3.63) is 71.8 Å². The van der Waals surface area contributed by atoms with Crippen LogP contribution in [0.15, 0.2) is 60.7 Å². The summed E-state index contributed by atoms with van der Waals surface area (Å²) in [5.41, 5.74) is 2.75. The molecule has 26 heavy (non-hydrogen) atoms. The zero-order valence-corrected chi connectivity index (χ0v) is 15.5. The van der Waals surface area contributed by atoms with Crippen molar-refractivity contribution in [2.45, 2.75) is 38.0 Å². The number of hydrogen-bond acceptors (Lipinski definition) is 3. The summed E-state index contributed by atoms with van der Waals surface area (Å²) in [7, 11) is 0. The molecule has 2 aromatic carbocycles. The van der Waals surface area contributed by atoms with Crippen LogP contribution in [0, 0.1) is 5.92 Å². The van der Waals surface area contributed by atoms with E-state index in [9.17, 15) is 0 Å². The molecule has 0 amide bonds. The van der Waals surface area contributed by atoms with Crippen LogP contribution >= 0.6 is 0 Å². The molecule has 3 nitrogen and oxygen atoms in total. The van der Waals surface area contributed by atoms with Crippen LogP contribution in [0.2, 0.25) is 0 Å². The lowest BCUT2D eigenvalue weighted by Gasteiger charge is -2.33. The Morgan fingerprint density at radius 1 is 0.885 bits per heavy atom. The van der Waals surface area contributed by atoms with Crippen LogP contribution in [0.3, 0.4) is 0 Å². The van der Waals surface area contributed by atoms with Gasteiger partial charge in [0.2, 0.25) is 0 Å². The van der Waals surface area contributed by atoms with Crippen LogP contribution in [-0.2, 0) is 11.3 Å². The molecule has 0 saturated carbocycles. The predicted molar refractivity (Wildman–Crippen MR) is 106 cm³/mol. The summed E-state index contributed by atoms with van der Waals surface area (Å²) in [6.07, 6.45) is 3.92. The minimum atomic E-state index is 0.266. The second-order valence-corrected chi connectivity index (χ2v) is 7.70. The molecule has 0 radical (unpaired) electrons. The summed E-state index contributed by atoms with van der Waals surface area (Å²) in [5, 5.41) is 3.84. The lowest BCUT2D eigenvalue weighted by atomic mass is 9.94. The number of ether oxygens (including phenoxy) is 1. The van der Waals surface area contributed by atoms with Gasteiger partial charge in [-0.05, 0) is 43.5 Å². The minimum absolute atomic E-state index is 0.266. The number of nitrogens with zero attached hydrogens (tertiary/aromatic N) is 1. The van der Waals surface area contributed by atoms with E-state index < -0.39 is 0 Å². The maximum absolute atomic E-state index is 6.03. The Bertz CT molecular complexity index is 652. The Labute approximate surface area is 157 Å². The zero-order chi connectivity index (χ0) is 17.6. The molecular formula is C23H30N2O. The van der Waals surface area contributed by atoms with E-state index in [0.29, 0.717) is 12.0 Å². The van der Waals surface area contributed by atoms with Crippen molar-refractivity contribution in [1.82, 2.24) is 10.2 Å². The van der Waals surface area contributed by atoms with Crippen molar-refractivity contribution in [3.63, 3.8) is 0 Å². The Hall–Kier alpha value is -1.68. The molecule has 2 aromatic rings. The molecule has 138 valence electrons. The molecule has 2 fully saturated rings. The Kier molecular flexibility index (Phi) is 6.00. The molecule has 1 N–H and O–H groups in total. The molecule has 0 aliphatic carbocycles. The Morgan fingerprint density at radius 3 is 2.31 bits per heavy atom. The third-order valence-electron chi connectivity index (χ3n) is 5.85. The van der Waals surface area contributed by atoms with E-state index in [1.165, 1.54) is 43.5 Å². The van der Waals surface area contributed by atoms with Gasteiger partial charge in [0.05, 0.1) is 6.10 Å². The van der Waals surface area contributed by atoms with Crippen molar-refractivity contribution in [2.24, 2.45) is 5.92 Å². The SMILES string of the molecule is c1ccc(CN2CCC(NC[C@H]3CCO[C@@H]3c3ccccc3)CC2)cc1. The second-order valence-electron chi connectivity index (χ2n) is 7.70. The van der Waals surface area contributed by atoms with E-state index in [0.717, 1.165) is 19.7 Å². The van der Waals surface area contributed by atoms with Gasteiger partial charge >= 0.3 is 0 Å². The number of hydrogen-bond donors (Lipinski definition) is 1. The molecule has 0 aromatic heterocycles. The first kappa shape index (κ1) is 17.7. The van der Waals surface area contributed by atoms with Gasteiger partial charge in [0.15, 0.2) is 0 Å². The van der Waals surface area contributed by atoms with Crippen LogP contribution in [0.4, 0.5) is 0 Å². The first-order chi connectivity index (χ1) is 12.9. The highest BCUT2D eigenvalue weighted by Crippen LogP contribution is 2.34. The van der Waals surface area contributed by atoms with Gasteiger partial charge in [0, 0.05) is 31.7 Å². The maximum atomic E-state index is 6.03. The van der Waals surface area contributed by atoms with Crippen molar-refractivity contribution in [3.8, 4) is 0 Å². The molecule has 2 heterocycles. The summed E-state index contributed by atoms with van der Waals surface area (Å²) in [6.45, 7) is 5.43. The smallest absolute Gasteiger partial charge is 0.0866 e. The minimum Gasteiger partial charge on any atom is -0.373 e. The quantitative estimate of drug-likeness (QED) is 0.852. The number of nitrogens with one attached hydrogen (secondary N) is 1. The van der Waals surface area contributed by atoms with Gasteiger partial charge in [-0.1, -0.05) is 60.7 Å². The fourth-order valence-corrected chi connectivity index (χ4v) is 4.31. The van der Waals surface area contributed by atoms with Gasteiger partial charge in [0.25, 0.3) is 0 Å². The monoisotopic (exact) mass is 350 g/mol. The second kappa shape index (κ2) is 8.81. The third-order valence-corrected chi connectivity index (χ3v) is 5.85. The molecule has 4 rings (SSSR count). The lowest BCUT2D eigenvalue weighted by Crippen LogP contribution is -2.43. The highest BCUT2D eigenvalue weighted by Gasteiger charge is 2.30. The summed E-state index contributed by atoms with van der Waals surface area (Å²) >= 11 is 0. The van der Waals surface area contributed by atoms with Crippen LogP contribution in [-0.4, -0.2) is 37.2 Å². The Balaban J connectivity index is 1.22. The molecule has 0 spiro atoms. The fourth-order valence-electron chi connectivity index (χ4n) is 4.31. The molecule has 2 atom stereocenters. The van der Waals surface area contributed by atoms with E-state index >= 15 is 0 Å². The first-order valence-electron chi connectivity index (χ1n) is 10.0. The van der Waals surface area contributed by atoms with Gasteiger partial charge in [-0.2, -0.15) is 0 Å². The number of benzene rings is 2. The number of rotatable bonds is 6. The molecule has 2 aliphatic rings. The molecule has 0 unspecified atom stereocenters. The zero-order valence-electron chi connectivity index (χ0n) is 15.5. The summed E-state index contributed by atoms with van der Waals surface area (Å²) in [6, 6.07) is 22.2. The predicted octanol–water partition coefficient (Wildman–Crippen LogP) is 4.02. The first-order valence-corrected chi connectivity index (χ1v) is 10.0. The van der Waals surface area contributed by atoms with Crippen molar-refractivity contribution < 1.29 is 4.74 Å². The van der Waals surface area contributed by atoms with Crippen LogP contribution < -0.4 is 5.32 Å². The van der Waals surface area contributed by atoms with E-state index in [1.807, 2.05) is 0 Å². The standard InChI is InChI=1S/C23H30N2O/c1-3-7-19(8-4-1)18-25-14-11-22(12-15-25)24-17-21-13-16-26-23(21)20-9-5-2-6-10-20/h1-10,21-24H,11-18H2/t21-,23-/m1/s1. The maximum Gasteiger partial charge on any atom is 0.0866 e. The summed E-state index contributed by atoms with van der Waals surface area (Å²) in [4.78, 5) is 2.58. The molecule has 0 bridgehead atoms. The fraction of sp³-hybridized carbons (Fsp3) is 0.478. The van der Waals surface area contributed by atoms with E-state index in [-0.39, 0.29) is 6.10 Å². The average molecular weight is 351 g/mol. The third kappa shape index (κ3) is 4.53. The average Bonchev–Trinajstić information content (AvgIpc) is 3.18. The largest absolute Gasteiger partial charge is 0.373 e. The van der Waals surface area contributed by atoms with E-state index in [2.05, 4.69) is 70.9 Å². The van der Waals surface area contributed by atoms with Gasteiger partial charge < -0.3 is 10.1 Å². The summed E-state index contributed by atoms with van der Waals surface area (Å²) in [5.74, 6) is 0.597. The van der Waals surface area contributed by atoms with Gasteiger partial charge in [-0.3, -0.25) is 4.90 Å². The number of likely N-dealkylation sites (tertiary alicyclic amines) is 1. The molecule has 3 heteroatoms. The Morgan fingerprint density at radius 2 is 1.58 bits per heavy atom. The molecule has 2 saturated heterocycles. The van der Waals surface area contributed by atoms with Gasteiger partial charge in [-0.15, -0.1) is 0 Å².